The molecule has 39 heavy (non-hydrogen) atoms. The summed E-state index contributed by atoms with van der Waals surface area (Å²) < 4.78 is 11.0. The van der Waals surface area contributed by atoms with E-state index in [1.165, 1.54) is 24.0 Å². The number of amides is 3. The summed E-state index contributed by atoms with van der Waals surface area (Å²) in [5.41, 5.74) is 2.96. The first-order chi connectivity index (χ1) is 18.9. The van der Waals surface area contributed by atoms with Crippen molar-refractivity contribution in [1.29, 1.82) is 0 Å². The van der Waals surface area contributed by atoms with Gasteiger partial charge in [0.15, 0.2) is 0 Å². The van der Waals surface area contributed by atoms with E-state index in [1.54, 1.807) is 42.5 Å². The third-order valence-electron chi connectivity index (χ3n) is 6.45. The largest absolute Gasteiger partial charge is 0.497 e. The number of methoxy groups -OCH3 is 2. The van der Waals surface area contributed by atoms with Crippen LogP contribution in [0, 0.1) is 0 Å². The molecule has 5 rings (SSSR count). The number of nitrogens with zero attached hydrogens (tertiary/aromatic N) is 2. The first-order valence-corrected chi connectivity index (χ1v) is 13.4. The Bertz CT molecular complexity index is 1510. The molecular formula is C29H25N3O5S2. The highest BCUT2D eigenvalue weighted by molar-refractivity contribution is 8.26. The lowest BCUT2D eigenvalue weighted by atomic mass is 10.1. The van der Waals surface area contributed by atoms with Crippen molar-refractivity contribution in [3.63, 3.8) is 0 Å². The third kappa shape index (κ3) is 5.25. The van der Waals surface area contributed by atoms with Crippen LogP contribution in [0.3, 0.4) is 0 Å². The van der Waals surface area contributed by atoms with Crippen LogP contribution in [0.15, 0.2) is 77.7 Å². The smallest absolute Gasteiger partial charge is 0.267 e. The Kier molecular flexibility index (Phi) is 7.67. The summed E-state index contributed by atoms with van der Waals surface area (Å²) in [5, 5.41) is 2.80. The Balaban J connectivity index is 1.38. The third-order valence-corrected chi connectivity index (χ3v) is 7.90. The van der Waals surface area contributed by atoms with Crippen molar-refractivity contribution in [1.82, 2.24) is 4.90 Å². The zero-order valence-electron chi connectivity index (χ0n) is 21.3. The summed E-state index contributed by atoms with van der Waals surface area (Å²) in [7, 11) is 3.03. The zero-order valence-corrected chi connectivity index (χ0v) is 22.9. The molecule has 3 aromatic rings. The normalized spacial score (nSPS) is 16.5. The summed E-state index contributed by atoms with van der Waals surface area (Å²) in [6, 6.07) is 22.0. The van der Waals surface area contributed by atoms with Gasteiger partial charge >= 0.3 is 0 Å². The molecule has 0 aliphatic carbocycles. The molecule has 0 unspecified atom stereocenters. The van der Waals surface area contributed by atoms with Crippen molar-refractivity contribution in [2.45, 2.75) is 6.42 Å². The Morgan fingerprint density at radius 2 is 1.67 bits per heavy atom. The molecule has 2 aliphatic heterocycles. The lowest BCUT2D eigenvalue weighted by Crippen LogP contribution is -2.35. The Morgan fingerprint density at radius 1 is 0.923 bits per heavy atom. The van der Waals surface area contributed by atoms with E-state index < -0.39 is 11.8 Å². The van der Waals surface area contributed by atoms with Gasteiger partial charge in [-0.2, -0.15) is 0 Å². The van der Waals surface area contributed by atoms with Crippen LogP contribution in [-0.4, -0.2) is 54.3 Å². The standard InChI is InChI=1S/C29H25N3O5S2/c1-36-19-12-13-21(23(16-19)37-2)30-24(33)17-32-22-11-7-6-10-20(22)25(27(32)34)26-28(35)31(29(38)39-26)15-14-18-8-4-3-5-9-18/h3-13,16H,14-15,17H2,1-2H3,(H,30,33)/b26-25+. The fourth-order valence-corrected chi connectivity index (χ4v) is 5.90. The maximum absolute atomic E-state index is 13.7. The van der Waals surface area contributed by atoms with E-state index in [9.17, 15) is 14.4 Å². The number of para-hydroxylation sites is 1. The Hall–Kier alpha value is -4.15. The molecule has 2 aliphatic rings. The number of rotatable bonds is 8. The maximum atomic E-state index is 13.7. The van der Waals surface area contributed by atoms with E-state index in [-0.39, 0.29) is 22.9 Å². The van der Waals surface area contributed by atoms with Crippen molar-refractivity contribution in [2.24, 2.45) is 0 Å². The Labute approximate surface area is 235 Å². The quantitative estimate of drug-likeness (QED) is 0.321. The van der Waals surface area contributed by atoms with Gasteiger partial charge in [0.05, 0.1) is 36.1 Å². The summed E-state index contributed by atoms with van der Waals surface area (Å²) in [5.74, 6) is -0.127. The van der Waals surface area contributed by atoms with E-state index in [1.807, 2.05) is 30.3 Å². The number of ether oxygens (including phenoxy) is 2. The molecule has 198 valence electrons. The van der Waals surface area contributed by atoms with Crippen molar-refractivity contribution < 1.29 is 23.9 Å². The Morgan fingerprint density at radius 3 is 2.41 bits per heavy atom. The zero-order chi connectivity index (χ0) is 27.5. The molecule has 0 atom stereocenters. The van der Waals surface area contributed by atoms with Crippen LogP contribution < -0.4 is 19.7 Å². The molecule has 3 amide bonds. The molecule has 1 fully saturated rings. The van der Waals surface area contributed by atoms with Gasteiger partial charge in [-0.25, -0.2) is 0 Å². The van der Waals surface area contributed by atoms with Gasteiger partial charge in [-0.3, -0.25) is 24.2 Å². The van der Waals surface area contributed by atoms with E-state index in [2.05, 4.69) is 5.32 Å². The van der Waals surface area contributed by atoms with Gasteiger partial charge in [0, 0.05) is 18.2 Å². The highest BCUT2D eigenvalue weighted by Gasteiger charge is 2.42. The number of carbonyl (C=O) groups is 3. The second kappa shape index (κ2) is 11.3. The SMILES string of the molecule is COc1ccc(NC(=O)CN2C(=O)/C(=C3/SC(=S)N(CCc4ccccc4)C3=O)c3ccccc32)c(OC)c1. The molecular weight excluding hydrogens is 534 g/mol. The van der Waals surface area contributed by atoms with Crippen LogP contribution in [0.2, 0.25) is 0 Å². The molecule has 0 spiro atoms. The number of hydrogen-bond acceptors (Lipinski definition) is 7. The molecule has 8 nitrogen and oxygen atoms in total. The van der Waals surface area contributed by atoms with Crippen LogP contribution >= 0.6 is 24.0 Å². The molecule has 0 bridgehead atoms. The van der Waals surface area contributed by atoms with Gasteiger partial charge in [-0.1, -0.05) is 72.5 Å². The summed E-state index contributed by atoms with van der Waals surface area (Å²) in [6.07, 6.45) is 0.640. The lowest BCUT2D eigenvalue weighted by molar-refractivity contribution is -0.122. The topological polar surface area (TPSA) is 88.2 Å². The monoisotopic (exact) mass is 559 g/mol. The van der Waals surface area contributed by atoms with Crippen molar-refractivity contribution >= 4 is 63.0 Å². The van der Waals surface area contributed by atoms with Crippen LogP contribution in [0.4, 0.5) is 11.4 Å². The molecule has 1 N–H and O–H groups in total. The van der Waals surface area contributed by atoms with Gasteiger partial charge in [0.2, 0.25) is 5.91 Å². The van der Waals surface area contributed by atoms with E-state index in [4.69, 9.17) is 21.7 Å². The van der Waals surface area contributed by atoms with Crippen LogP contribution in [0.1, 0.15) is 11.1 Å². The minimum atomic E-state index is -0.420. The summed E-state index contributed by atoms with van der Waals surface area (Å²) in [6.45, 7) is 0.167. The number of thiocarbonyl (C=S) groups is 1. The van der Waals surface area contributed by atoms with E-state index in [0.29, 0.717) is 45.7 Å². The van der Waals surface area contributed by atoms with E-state index in [0.717, 1.165) is 17.3 Å². The number of benzene rings is 3. The minimum Gasteiger partial charge on any atom is -0.497 e. The number of anilines is 2. The second-order valence-corrected chi connectivity index (χ2v) is 10.4. The van der Waals surface area contributed by atoms with Crippen molar-refractivity contribution in [2.75, 3.05) is 37.5 Å². The van der Waals surface area contributed by atoms with Crippen LogP contribution in [-0.2, 0) is 20.8 Å². The first kappa shape index (κ1) is 26.5. The van der Waals surface area contributed by atoms with Crippen molar-refractivity contribution in [3.8, 4) is 11.5 Å². The average Bonchev–Trinajstić information content (AvgIpc) is 3.39. The van der Waals surface area contributed by atoms with Crippen molar-refractivity contribution in [3.05, 3.63) is 88.8 Å². The number of fused-ring (bicyclic) bond motifs is 1. The van der Waals surface area contributed by atoms with Crippen LogP contribution in [0.25, 0.3) is 5.57 Å². The lowest BCUT2D eigenvalue weighted by Gasteiger charge is -2.18. The predicted molar refractivity (Wildman–Crippen MR) is 156 cm³/mol. The molecule has 0 radical (unpaired) electrons. The number of nitrogens with one attached hydrogen (secondary N) is 1. The van der Waals surface area contributed by atoms with Gasteiger partial charge < -0.3 is 14.8 Å². The first-order valence-electron chi connectivity index (χ1n) is 12.2. The predicted octanol–water partition coefficient (Wildman–Crippen LogP) is 4.50. The second-order valence-electron chi connectivity index (χ2n) is 8.79. The molecule has 0 aromatic heterocycles. The minimum absolute atomic E-state index is 0.247. The molecule has 1 saturated heterocycles. The molecule has 2 heterocycles. The summed E-state index contributed by atoms with van der Waals surface area (Å²) >= 11 is 6.65. The van der Waals surface area contributed by atoms with Crippen LogP contribution in [0.5, 0.6) is 11.5 Å². The summed E-state index contributed by atoms with van der Waals surface area (Å²) in [4.78, 5) is 43.4. The average molecular weight is 560 g/mol. The fourth-order valence-electron chi connectivity index (χ4n) is 4.52. The van der Waals surface area contributed by atoms with Gasteiger partial charge in [0.1, 0.15) is 22.4 Å². The number of hydrogen-bond donors (Lipinski definition) is 1. The number of carbonyl (C=O) groups excluding carboxylic acids is 3. The van der Waals surface area contributed by atoms with Gasteiger partial charge in [-0.05, 0) is 30.2 Å². The fraction of sp³-hybridized carbons (Fsp3) is 0.172. The number of thioether (sulfide) groups is 1. The highest BCUT2D eigenvalue weighted by Crippen LogP contribution is 2.44. The molecule has 3 aromatic carbocycles. The highest BCUT2D eigenvalue weighted by atomic mass is 32.2. The maximum Gasteiger partial charge on any atom is 0.267 e. The van der Waals surface area contributed by atoms with Gasteiger partial charge in [-0.15, -0.1) is 0 Å². The van der Waals surface area contributed by atoms with Gasteiger partial charge in [0.25, 0.3) is 11.8 Å². The van der Waals surface area contributed by atoms with E-state index >= 15 is 0 Å². The molecule has 0 saturated carbocycles. The molecule has 10 heteroatoms.